The second-order valence-corrected chi connectivity index (χ2v) is 11.8. The predicted octanol–water partition coefficient (Wildman–Crippen LogP) is 6.34. The van der Waals surface area contributed by atoms with Gasteiger partial charge in [-0.25, -0.2) is 9.37 Å². The topological polar surface area (TPSA) is 59.1 Å². The highest BCUT2D eigenvalue weighted by atomic mass is 79.9. The Balaban J connectivity index is 1.33. The number of carbonyl (C=O) groups excluding carboxylic acids is 2. The predicted molar refractivity (Wildman–Crippen MR) is 127 cm³/mol. The maximum Gasteiger partial charge on any atom is 0.226 e. The molecule has 2 aromatic rings. The molecular formula is C25H28BrFN2O2S. The highest BCUT2D eigenvalue weighted by molar-refractivity contribution is 9.10. The van der Waals surface area contributed by atoms with Crippen LogP contribution in [0.3, 0.4) is 0 Å². The fourth-order valence-corrected chi connectivity index (χ4v) is 7.90. The molecule has 0 saturated heterocycles. The van der Waals surface area contributed by atoms with E-state index in [4.69, 9.17) is 0 Å². The molecule has 1 N–H and O–H groups in total. The van der Waals surface area contributed by atoms with Crippen molar-refractivity contribution in [3.63, 3.8) is 0 Å². The zero-order valence-electron chi connectivity index (χ0n) is 18.4. The van der Waals surface area contributed by atoms with E-state index >= 15 is 0 Å². The second kappa shape index (κ2) is 8.64. The van der Waals surface area contributed by atoms with E-state index < -0.39 is 0 Å². The highest BCUT2D eigenvalue weighted by Crippen LogP contribution is 2.57. The average Bonchev–Trinajstić information content (AvgIpc) is 3.32. The summed E-state index contributed by atoms with van der Waals surface area (Å²) in [6.45, 7) is 3.79. The molecule has 32 heavy (non-hydrogen) atoms. The summed E-state index contributed by atoms with van der Waals surface area (Å²) in [5.41, 5.74) is 3.08. The van der Waals surface area contributed by atoms with Gasteiger partial charge in [0.2, 0.25) is 5.91 Å². The standard InChI is InChI=1S/C25H28BrFN2O2S/c1-12-11-28-25(32-12)29-22(31)8-3-14-9-21(30)18-7-4-15-16(23(14)18)5-6-17-19(15)10-20(27)13(2)24(17)26/h10-11,14-16,18,23H,3-9H2,1-2H3,(H,28,29,31)/t14-,15?,16?,18-,23?/m1/s1. The Bertz CT molecular complexity index is 1080. The van der Waals surface area contributed by atoms with E-state index in [0.29, 0.717) is 47.1 Å². The fraction of sp³-hybridized carbons (Fsp3) is 0.560. The van der Waals surface area contributed by atoms with Crippen LogP contribution in [0.15, 0.2) is 16.7 Å². The molecular weight excluding hydrogens is 491 g/mol. The second-order valence-electron chi connectivity index (χ2n) is 9.73. The average molecular weight is 519 g/mol. The van der Waals surface area contributed by atoms with Crippen molar-refractivity contribution in [1.82, 2.24) is 4.98 Å². The molecule has 5 rings (SSSR count). The summed E-state index contributed by atoms with van der Waals surface area (Å²) in [6.07, 6.45) is 7.28. The number of benzene rings is 1. The first kappa shape index (κ1) is 22.2. The van der Waals surface area contributed by atoms with Gasteiger partial charge in [0, 0.05) is 34.3 Å². The van der Waals surface area contributed by atoms with Crippen LogP contribution in [0.5, 0.6) is 0 Å². The Hall–Kier alpha value is -1.60. The number of amides is 1. The van der Waals surface area contributed by atoms with Crippen molar-refractivity contribution in [1.29, 1.82) is 0 Å². The Morgan fingerprint density at radius 1 is 1.28 bits per heavy atom. The first-order valence-corrected chi connectivity index (χ1v) is 13.2. The summed E-state index contributed by atoms with van der Waals surface area (Å²) in [4.78, 5) is 30.6. The fourth-order valence-electron chi connectivity index (χ4n) is 6.60. The van der Waals surface area contributed by atoms with Crippen LogP contribution in [-0.4, -0.2) is 16.7 Å². The highest BCUT2D eigenvalue weighted by Gasteiger charge is 2.52. The van der Waals surface area contributed by atoms with Crippen LogP contribution in [-0.2, 0) is 16.0 Å². The zero-order valence-corrected chi connectivity index (χ0v) is 20.8. The lowest BCUT2D eigenvalue weighted by Gasteiger charge is -2.45. The molecule has 7 heteroatoms. The monoisotopic (exact) mass is 518 g/mol. The summed E-state index contributed by atoms with van der Waals surface area (Å²) in [5, 5.41) is 3.53. The summed E-state index contributed by atoms with van der Waals surface area (Å²) in [5.74, 6) is 1.58. The minimum atomic E-state index is -0.147. The summed E-state index contributed by atoms with van der Waals surface area (Å²) in [7, 11) is 0. The van der Waals surface area contributed by atoms with E-state index in [9.17, 15) is 14.0 Å². The number of rotatable bonds is 4. The molecule has 3 aliphatic carbocycles. The number of ketones is 1. The number of carbonyl (C=O) groups is 2. The van der Waals surface area contributed by atoms with Gasteiger partial charge in [0.1, 0.15) is 11.6 Å². The van der Waals surface area contributed by atoms with Gasteiger partial charge in [-0.1, -0.05) is 15.9 Å². The van der Waals surface area contributed by atoms with Crippen LogP contribution >= 0.6 is 27.3 Å². The van der Waals surface area contributed by atoms with Gasteiger partial charge in [-0.05, 0) is 92.4 Å². The molecule has 4 nitrogen and oxygen atoms in total. The molecule has 0 bridgehead atoms. The summed E-state index contributed by atoms with van der Waals surface area (Å²) in [6, 6.07) is 1.75. The number of fused-ring (bicyclic) bond motifs is 5. The smallest absolute Gasteiger partial charge is 0.226 e. The van der Waals surface area contributed by atoms with Gasteiger partial charge < -0.3 is 5.32 Å². The van der Waals surface area contributed by atoms with Crippen molar-refractivity contribution < 1.29 is 14.0 Å². The number of Topliss-reactive ketones (excluding diaryl/α,β-unsaturated/α-hetero) is 1. The molecule has 170 valence electrons. The van der Waals surface area contributed by atoms with Gasteiger partial charge in [0.15, 0.2) is 5.13 Å². The number of hydrogen-bond donors (Lipinski definition) is 1. The molecule has 1 heterocycles. The van der Waals surface area contributed by atoms with Gasteiger partial charge in [-0.3, -0.25) is 9.59 Å². The first-order chi connectivity index (χ1) is 15.3. The molecule has 1 aromatic heterocycles. The Morgan fingerprint density at radius 2 is 2.06 bits per heavy atom. The Morgan fingerprint density at radius 3 is 2.81 bits per heavy atom. The molecule has 2 saturated carbocycles. The molecule has 1 aromatic carbocycles. The number of anilines is 1. The van der Waals surface area contributed by atoms with E-state index in [1.807, 2.05) is 13.8 Å². The zero-order chi connectivity index (χ0) is 22.6. The van der Waals surface area contributed by atoms with Crippen LogP contribution < -0.4 is 5.32 Å². The van der Waals surface area contributed by atoms with Crippen LogP contribution in [0.4, 0.5) is 9.52 Å². The number of thiazole rings is 1. The summed E-state index contributed by atoms with van der Waals surface area (Å²) < 4.78 is 15.5. The normalized spacial score (nSPS) is 28.8. The maximum atomic E-state index is 14.6. The third-order valence-electron chi connectivity index (χ3n) is 8.01. The largest absolute Gasteiger partial charge is 0.302 e. The molecule has 5 atom stereocenters. The van der Waals surface area contributed by atoms with E-state index in [2.05, 4.69) is 26.2 Å². The van der Waals surface area contributed by atoms with Gasteiger partial charge in [0.05, 0.1) is 0 Å². The number of halogens is 2. The van der Waals surface area contributed by atoms with E-state index in [0.717, 1.165) is 47.0 Å². The van der Waals surface area contributed by atoms with Gasteiger partial charge >= 0.3 is 0 Å². The third-order valence-corrected chi connectivity index (χ3v) is 9.91. The lowest BCUT2D eigenvalue weighted by atomic mass is 9.59. The lowest BCUT2D eigenvalue weighted by molar-refractivity contribution is -0.122. The number of nitrogens with zero attached hydrogens (tertiary/aromatic N) is 1. The number of nitrogens with one attached hydrogen (secondary N) is 1. The minimum Gasteiger partial charge on any atom is -0.302 e. The first-order valence-electron chi connectivity index (χ1n) is 11.6. The van der Waals surface area contributed by atoms with Crippen molar-refractivity contribution >= 4 is 44.1 Å². The van der Waals surface area contributed by atoms with Crippen molar-refractivity contribution in [2.45, 2.75) is 64.7 Å². The van der Waals surface area contributed by atoms with Crippen LogP contribution in [0.1, 0.15) is 66.0 Å². The Labute approximate surface area is 200 Å². The molecule has 3 unspecified atom stereocenters. The maximum absolute atomic E-state index is 14.6. The minimum absolute atomic E-state index is 0.0296. The van der Waals surface area contributed by atoms with E-state index in [1.54, 1.807) is 12.3 Å². The molecule has 3 aliphatic rings. The number of aromatic nitrogens is 1. The van der Waals surface area contributed by atoms with E-state index in [1.165, 1.54) is 16.9 Å². The summed E-state index contributed by atoms with van der Waals surface area (Å²) >= 11 is 5.11. The Kier molecular flexibility index (Phi) is 5.99. The molecule has 0 aliphatic heterocycles. The van der Waals surface area contributed by atoms with Crippen molar-refractivity contribution in [3.05, 3.63) is 44.1 Å². The number of hydrogen-bond acceptors (Lipinski definition) is 4. The van der Waals surface area contributed by atoms with Crippen molar-refractivity contribution in [2.75, 3.05) is 5.32 Å². The van der Waals surface area contributed by atoms with Crippen LogP contribution in [0.2, 0.25) is 0 Å². The molecule has 0 spiro atoms. The van der Waals surface area contributed by atoms with Gasteiger partial charge in [-0.2, -0.15) is 0 Å². The van der Waals surface area contributed by atoms with E-state index in [-0.39, 0.29) is 23.6 Å². The van der Waals surface area contributed by atoms with Crippen LogP contribution in [0.25, 0.3) is 0 Å². The van der Waals surface area contributed by atoms with Gasteiger partial charge in [0.25, 0.3) is 0 Å². The van der Waals surface area contributed by atoms with Crippen LogP contribution in [0, 0.1) is 43.3 Å². The van der Waals surface area contributed by atoms with Gasteiger partial charge in [-0.15, -0.1) is 11.3 Å². The molecule has 2 fully saturated rings. The van der Waals surface area contributed by atoms with Crippen molar-refractivity contribution in [3.8, 4) is 0 Å². The molecule has 0 radical (unpaired) electrons. The SMILES string of the molecule is Cc1cnc(NC(=O)CC[C@@H]2CC(=O)[C@H]3CCC4c5cc(F)c(C)c(Br)c5CCC4C23)s1. The molecule has 1 amide bonds. The number of aryl methyl sites for hydroxylation is 1. The quantitative estimate of drug-likeness (QED) is 0.513. The lowest BCUT2D eigenvalue weighted by Crippen LogP contribution is -2.38. The third kappa shape index (κ3) is 3.85. The van der Waals surface area contributed by atoms with Crippen molar-refractivity contribution in [2.24, 2.45) is 23.7 Å².